The SMILES string of the molecule is Cc1ccc2[nH]ncc2c1-c1nc(N2CCOCC2)nc(N2CCC3(CN(C(=O)C=CCN4CCC4)C3)C2)c1C#N. The molecule has 0 atom stereocenters. The first-order chi connectivity index (χ1) is 20.0. The molecule has 4 aliphatic heterocycles. The van der Waals surface area contributed by atoms with Crippen molar-refractivity contribution in [2.75, 3.05) is 81.9 Å². The van der Waals surface area contributed by atoms with E-state index in [0.29, 0.717) is 49.3 Å². The second-order valence-electron chi connectivity index (χ2n) is 11.8. The second-order valence-corrected chi connectivity index (χ2v) is 11.8. The van der Waals surface area contributed by atoms with Gasteiger partial charge in [0.05, 0.1) is 30.6 Å². The number of H-pyrrole nitrogens is 1. The van der Waals surface area contributed by atoms with Crippen LogP contribution in [0.4, 0.5) is 11.8 Å². The van der Waals surface area contributed by atoms with Gasteiger partial charge in [0.15, 0.2) is 5.82 Å². The van der Waals surface area contributed by atoms with E-state index in [2.05, 4.69) is 31.0 Å². The molecule has 1 spiro atoms. The molecular weight excluding hydrogens is 518 g/mol. The van der Waals surface area contributed by atoms with Crippen molar-refractivity contribution in [3.63, 3.8) is 0 Å². The number of benzene rings is 1. The number of hydrogen-bond donors (Lipinski definition) is 1. The minimum atomic E-state index is 0.0262. The summed E-state index contributed by atoms with van der Waals surface area (Å²) in [4.78, 5) is 31.5. The maximum atomic E-state index is 12.8. The third kappa shape index (κ3) is 4.71. The molecule has 0 aliphatic carbocycles. The molecule has 0 radical (unpaired) electrons. The third-order valence-electron chi connectivity index (χ3n) is 9.03. The summed E-state index contributed by atoms with van der Waals surface area (Å²) in [6.45, 7) is 10.8. The highest BCUT2D eigenvalue weighted by molar-refractivity contribution is 5.97. The number of likely N-dealkylation sites (tertiary alicyclic amines) is 2. The van der Waals surface area contributed by atoms with E-state index in [1.54, 1.807) is 12.3 Å². The Labute approximate surface area is 239 Å². The fraction of sp³-hybridized carbons (Fsp3) is 0.500. The molecule has 0 saturated carbocycles. The van der Waals surface area contributed by atoms with Gasteiger partial charge in [0.1, 0.15) is 11.6 Å². The minimum Gasteiger partial charge on any atom is -0.378 e. The van der Waals surface area contributed by atoms with Gasteiger partial charge in [-0.3, -0.25) is 14.8 Å². The quantitative estimate of drug-likeness (QED) is 0.459. The Balaban J connectivity index is 1.18. The molecule has 212 valence electrons. The fourth-order valence-corrected chi connectivity index (χ4v) is 6.56. The zero-order chi connectivity index (χ0) is 28.0. The first-order valence-corrected chi connectivity index (χ1v) is 14.5. The molecule has 3 aromatic rings. The number of nitrogens with zero attached hydrogens (tertiary/aromatic N) is 8. The molecule has 4 saturated heterocycles. The van der Waals surface area contributed by atoms with Crippen LogP contribution < -0.4 is 9.80 Å². The van der Waals surface area contributed by atoms with Gasteiger partial charge in [-0.15, -0.1) is 0 Å². The van der Waals surface area contributed by atoms with Gasteiger partial charge in [0.25, 0.3) is 0 Å². The summed E-state index contributed by atoms with van der Waals surface area (Å²) in [5, 5.41) is 18.8. The van der Waals surface area contributed by atoms with Crippen LogP contribution in [0.3, 0.4) is 0 Å². The van der Waals surface area contributed by atoms with E-state index in [1.807, 2.05) is 30.0 Å². The van der Waals surface area contributed by atoms with Gasteiger partial charge in [0.2, 0.25) is 11.9 Å². The maximum Gasteiger partial charge on any atom is 0.246 e. The summed E-state index contributed by atoms with van der Waals surface area (Å²) in [5.74, 6) is 1.39. The van der Waals surface area contributed by atoms with Gasteiger partial charge < -0.3 is 19.4 Å². The number of rotatable bonds is 6. The summed E-state index contributed by atoms with van der Waals surface area (Å²) in [7, 11) is 0. The molecule has 1 amide bonds. The molecular formula is C30H35N9O2. The van der Waals surface area contributed by atoms with E-state index < -0.39 is 0 Å². The molecule has 1 N–H and O–H groups in total. The van der Waals surface area contributed by atoms with E-state index in [1.165, 1.54) is 6.42 Å². The number of aryl methyl sites for hydroxylation is 1. The standard InChI is InChI=1S/C30H35N9O2/c1-21-5-6-24-23(17-32-35-24)26(21)27-22(16-31)28(34-29(33-27)37-12-14-41-15-13-37)38-11-7-30(18-38)19-39(20-30)25(40)4-2-8-36-9-3-10-36/h2,4-6,17H,3,7-15,18-20H2,1H3,(H,32,35). The lowest BCUT2D eigenvalue weighted by Crippen LogP contribution is -2.59. The van der Waals surface area contributed by atoms with E-state index >= 15 is 0 Å². The molecule has 7 rings (SSSR count). The number of anilines is 2. The minimum absolute atomic E-state index is 0.0262. The van der Waals surface area contributed by atoms with Crippen molar-refractivity contribution >= 4 is 28.6 Å². The van der Waals surface area contributed by atoms with Crippen LogP contribution in [0.5, 0.6) is 0 Å². The topological polar surface area (TPSA) is 118 Å². The number of nitriles is 1. The zero-order valence-electron chi connectivity index (χ0n) is 23.5. The van der Waals surface area contributed by atoms with E-state index in [4.69, 9.17) is 14.7 Å². The number of carbonyl (C=O) groups excluding carboxylic acids is 1. The normalized spacial score (nSPS) is 20.5. The first-order valence-electron chi connectivity index (χ1n) is 14.5. The smallest absolute Gasteiger partial charge is 0.246 e. The summed E-state index contributed by atoms with van der Waals surface area (Å²) < 4.78 is 5.59. The number of carbonyl (C=O) groups is 1. The molecule has 6 heterocycles. The number of fused-ring (bicyclic) bond motifs is 1. The van der Waals surface area contributed by atoms with E-state index in [-0.39, 0.29) is 11.3 Å². The van der Waals surface area contributed by atoms with Crippen LogP contribution in [-0.4, -0.2) is 108 Å². The van der Waals surface area contributed by atoms with Crippen molar-refractivity contribution < 1.29 is 9.53 Å². The molecule has 41 heavy (non-hydrogen) atoms. The monoisotopic (exact) mass is 553 g/mol. The molecule has 2 aromatic heterocycles. The Bertz CT molecular complexity index is 1540. The number of hydrogen-bond acceptors (Lipinski definition) is 9. The van der Waals surface area contributed by atoms with Crippen molar-refractivity contribution in [1.29, 1.82) is 5.26 Å². The third-order valence-corrected chi connectivity index (χ3v) is 9.03. The lowest BCUT2D eigenvalue weighted by atomic mass is 9.79. The van der Waals surface area contributed by atoms with Gasteiger partial charge in [-0.2, -0.15) is 15.3 Å². The maximum absolute atomic E-state index is 12.8. The predicted octanol–water partition coefficient (Wildman–Crippen LogP) is 2.34. The van der Waals surface area contributed by atoms with Gasteiger partial charge in [-0.05, 0) is 44.5 Å². The molecule has 11 heteroatoms. The Morgan fingerprint density at radius 3 is 2.71 bits per heavy atom. The largest absolute Gasteiger partial charge is 0.378 e. The van der Waals surface area contributed by atoms with Gasteiger partial charge in [0, 0.05) is 68.3 Å². The lowest BCUT2D eigenvalue weighted by molar-refractivity contribution is -0.136. The van der Waals surface area contributed by atoms with Crippen LogP contribution >= 0.6 is 0 Å². The number of aromatic amines is 1. The van der Waals surface area contributed by atoms with Gasteiger partial charge >= 0.3 is 0 Å². The number of amides is 1. The van der Waals surface area contributed by atoms with Crippen molar-refractivity contribution in [3.05, 3.63) is 41.6 Å². The Morgan fingerprint density at radius 2 is 1.95 bits per heavy atom. The van der Waals surface area contributed by atoms with Crippen LogP contribution in [0.25, 0.3) is 22.2 Å². The van der Waals surface area contributed by atoms with Crippen LogP contribution in [0.2, 0.25) is 0 Å². The molecule has 1 aromatic carbocycles. The molecule has 4 aliphatic rings. The lowest BCUT2D eigenvalue weighted by Gasteiger charge is -2.47. The van der Waals surface area contributed by atoms with Crippen LogP contribution in [-0.2, 0) is 9.53 Å². The van der Waals surface area contributed by atoms with E-state index in [0.717, 1.165) is 74.3 Å². The van der Waals surface area contributed by atoms with Crippen molar-refractivity contribution in [1.82, 2.24) is 30.0 Å². The number of nitrogens with one attached hydrogen (secondary N) is 1. The molecule has 11 nitrogen and oxygen atoms in total. The van der Waals surface area contributed by atoms with Crippen LogP contribution in [0.15, 0.2) is 30.5 Å². The second kappa shape index (κ2) is 10.4. The highest BCUT2D eigenvalue weighted by Crippen LogP contribution is 2.43. The number of aromatic nitrogens is 4. The van der Waals surface area contributed by atoms with Crippen LogP contribution in [0, 0.1) is 23.7 Å². The Hall–Kier alpha value is -4.01. The Kier molecular flexibility index (Phi) is 6.60. The zero-order valence-corrected chi connectivity index (χ0v) is 23.5. The van der Waals surface area contributed by atoms with Crippen molar-refractivity contribution in [3.8, 4) is 17.3 Å². The molecule has 0 bridgehead atoms. The summed E-state index contributed by atoms with van der Waals surface area (Å²) in [6.07, 6.45) is 7.74. The van der Waals surface area contributed by atoms with Crippen molar-refractivity contribution in [2.45, 2.75) is 19.8 Å². The number of ether oxygens (including phenoxy) is 1. The predicted molar refractivity (Wildman–Crippen MR) is 156 cm³/mol. The van der Waals surface area contributed by atoms with Gasteiger partial charge in [-0.1, -0.05) is 12.1 Å². The summed E-state index contributed by atoms with van der Waals surface area (Å²) in [5.41, 5.74) is 3.99. The fourth-order valence-electron chi connectivity index (χ4n) is 6.56. The van der Waals surface area contributed by atoms with E-state index in [9.17, 15) is 10.1 Å². The molecule has 0 unspecified atom stereocenters. The Morgan fingerprint density at radius 1 is 1.12 bits per heavy atom. The molecule has 4 fully saturated rings. The first kappa shape index (κ1) is 25.9. The number of morpholine rings is 1. The summed E-state index contributed by atoms with van der Waals surface area (Å²) in [6, 6.07) is 6.51. The summed E-state index contributed by atoms with van der Waals surface area (Å²) >= 11 is 0. The van der Waals surface area contributed by atoms with Crippen LogP contribution in [0.1, 0.15) is 24.0 Å². The van der Waals surface area contributed by atoms with Gasteiger partial charge in [-0.25, -0.2) is 4.98 Å². The highest BCUT2D eigenvalue weighted by Gasteiger charge is 2.49. The highest BCUT2D eigenvalue weighted by atomic mass is 16.5. The van der Waals surface area contributed by atoms with Crippen molar-refractivity contribution in [2.24, 2.45) is 5.41 Å². The average Bonchev–Trinajstić information content (AvgIpc) is 3.61. The average molecular weight is 554 g/mol.